The van der Waals surface area contributed by atoms with Crippen LogP contribution in [0.5, 0.6) is 0 Å². The maximum Gasteiger partial charge on any atom is 0.253 e. The van der Waals surface area contributed by atoms with Crippen molar-refractivity contribution in [2.24, 2.45) is 5.10 Å². The smallest absolute Gasteiger partial charge is 0.253 e. The monoisotopic (exact) mass is 431 g/mol. The normalized spacial score (nSPS) is 16.2. The third-order valence-electron chi connectivity index (χ3n) is 5.34. The van der Waals surface area contributed by atoms with Gasteiger partial charge in [0.25, 0.3) is 5.91 Å². The third-order valence-corrected chi connectivity index (χ3v) is 7.29. The summed E-state index contributed by atoms with van der Waals surface area (Å²) in [6.45, 7) is 2.08. The number of hydrogen-bond donors (Lipinski definition) is 1. The lowest BCUT2D eigenvalue weighted by Crippen LogP contribution is -2.28. The fourth-order valence-corrected chi connectivity index (χ4v) is 5.36. The summed E-state index contributed by atoms with van der Waals surface area (Å²) in [5.41, 5.74) is 4.41. The molecule has 0 spiro atoms. The number of H-pyrrole nitrogens is 1. The minimum Gasteiger partial charge on any atom is -0.360 e. The predicted octanol–water partition coefficient (Wildman–Crippen LogP) is 6.01. The summed E-state index contributed by atoms with van der Waals surface area (Å²) in [5, 5.41) is 9.66. The lowest BCUT2D eigenvalue weighted by Gasteiger charge is -2.22. The van der Waals surface area contributed by atoms with Crippen molar-refractivity contribution in [3.8, 4) is 0 Å². The Balaban J connectivity index is 1.39. The molecule has 1 unspecified atom stereocenters. The first-order valence-electron chi connectivity index (χ1n) is 9.88. The number of nitrogens with zero attached hydrogens (tertiary/aromatic N) is 2. The fraction of sp³-hybridized carbons (Fsp3) is 0.167. The molecule has 4 nitrogen and oxygen atoms in total. The van der Waals surface area contributed by atoms with E-state index in [4.69, 9.17) is 5.10 Å². The zero-order valence-electron chi connectivity index (χ0n) is 16.5. The second-order valence-corrected chi connectivity index (χ2v) is 9.34. The standard InChI is InChI=1S/C24H21N3OS2/c1-16-8-10-17(11-9-16)21-13-20(22-7-4-12-29-22)26-27(21)24(28)15-30-23-14-25-19-6-3-2-5-18(19)23/h2-12,14,21,25H,13,15H2,1H3. The van der Waals surface area contributed by atoms with Gasteiger partial charge >= 0.3 is 0 Å². The third kappa shape index (κ3) is 3.68. The van der Waals surface area contributed by atoms with E-state index in [2.05, 4.69) is 53.7 Å². The number of hydrogen-bond acceptors (Lipinski definition) is 4. The predicted molar refractivity (Wildman–Crippen MR) is 125 cm³/mol. The van der Waals surface area contributed by atoms with Gasteiger partial charge in [-0.1, -0.05) is 54.1 Å². The number of nitrogens with one attached hydrogen (secondary N) is 1. The molecule has 0 saturated heterocycles. The molecule has 1 aliphatic heterocycles. The van der Waals surface area contributed by atoms with Crippen molar-refractivity contribution in [1.82, 2.24) is 9.99 Å². The van der Waals surface area contributed by atoms with Gasteiger partial charge < -0.3 is 4.98 Å². The minimum absolute atomic E-state index is 0.0300. The summed E-state index contributed by atoms with van der Waals surface area (Å²) in [5.74, 6) is 0.383. The number of para-hydroxylation sites is 1. The maximum atomic E-state index is 13.2. The summed E-state index contributed by atoms with van der Waals surface area (Å²) in [6.07, 6.45) is 2.72. The number of aromatic amines is 1. The minimum atomic E-state index is -0.0567. The van der Waals surface area contributed by atoms with Crippen LogP contribution in [0.15, 0.2) is 82.2 Å². The molecule has 0 fully saturated rings. The van der Waals surface area contributed by atoms with Gasteiger partial charge in [-0.25, -0.2) is 5.01 Å². The number of aryl methyl sites for hydroxylation is 1. The Morgan fingerprint density at radius 1 is 1.17 bits per heavy atom. The van der Waals surface area contributed by atoms with Gasteiger partial charge in [0.2, 0.25) is 0 Å². The number of carbonyl (C=O) groups is 1. The van der Waals surface area contributed by atoms with Gasteiger partial charge in [0, 0.05) is 28.4 Å². The molecule has 6 heteroatoms. The number of rotatable bonds is 5. The Kier molecular flexibility index (Phi) is 5.19. The van der Waals surface area contributed by atoms with Crippen molar-refractivity contribution in [3.05, 3.63) is 88.2 Å². The van der Waals surface area contributed by atoms with Crippen molar-refractivity contribution in [2.75, 3.05) is 5.75 Å². The second-order valence-electron chi connectivity index (χ2n) is 7.38. The molecule has 0 saturated carbocycles. The fourth-order valence-electron chi connectivity index (χ4n) is 3.75. The number of carbonyl (C=O) groups excluding carboxylic acids is 1. The van der Waals surface area contributed by atoms with Gasteiger partial charge in [0.15, 0.2) is 0 Å². The van der Waals surface area contributed by atoms with E-state index in [-0.39, 0.29) is 11.9 Å². The van der Waals surface area contributed by atoms with E-state index in [9.17, 15) is 4.79 Å². The molecule has 5 rings (SSSR count). The SMILES string of the molecule is Cc1ccc(C2CC(c3cccs3)=NN2C(=O)CSc2c[nH]c3ccccc23)cc1. The lowest BCUT2D eigenvalue weighted by molar-refractivity contribution is -0.130. The van der Waals surface area contributed by atoms with Crippen LogP contribution in [0.2, 0.25) is 0 Å². The highest BCUT2D eigenvalue weighted by molar-refractivity contribution is 8.00. The summed E-state index contributed by atoms with van der Waals surface area (Å²) in [6, 6.07) is 20.6. The number of thiophene rings is 1. The average Bonchev–Trinajstić information content (AvgIpc) is 3.51. The Morgan fingerprint density at radius 3 is 2.80 bits per heavy atom. The summed E-state index contributed by atoms with van der Waals surface area (Å²) >= 11 is 3.23. The van der Waals surface area contributed by atoms with Crippen LogP contribution in [0.1, 0.15) is 28.5 Å². The average molecular weight is 432 g/mol. The van der Waals surface area contributed by atoms with Gasteiger partial charge in [-0.05, 0) is 30.0 Å². The second kappa shape index (κ2) is 8.13. The van der Waals surface area contributed by atoms with Crippen molar-refractivity contribution >= 4 is 45.6 Å². The van der Waals surface area contributed by atoms with Crippen LogP contribution in [0.25, 0.3) is 10.9 Å². The van der Waals surface area contributed by atoms with E-state index >= 15 is 0 Å². The molecule has 30 heavy (non-hydrogen) atoms. The molecule has 0 aliphatic carbocycles. The molecule has 0 radical (unpaired) electrons. The van der Waals surface area contributed by atoms with E-state index in [0.717, 1.165) is 38.4 Å². The molecule has 3 heterocycles. The van der Waals surface area contributed by atoms with Crippen molar-refractivity contribution in [1.29, 1.82) is 0 Å². The van der Waals surface area contributed by atoms with Gasteiger partial charge in [-0.3, -0.25) is 4.79 Å². The molecule has 150 valence electrons. The highest BCUT2D eigenvalue weighted by atomic mass is 32.2. The topological polar surface area (TPSA) is 48.5 Å². The first-order valence-corrected chi connectivity index (χ1v) is 11.7. The Labute approximate surface area is 183 Å². The molecule has 4 aromatic rings. The Hall–Kier alpha value is -2.83. The number of thioether (sulfide) groups is 1. The van der Waals surface area contributed by atoms with Crippen LogP contribution in [-0.2, 0) is 4.79 Å². The van der Waals surface area contributed by atoms with Crippen molar-refractivity contribution in [3.63, 3.8) is 0 Å². The molecule has 1 atom stereocenters. The molecule has 0 bridgehead atoms. The van der Waals surface area contributed by atoms with Crippen LogP contribution >= 0.6 is 23.1 Å². The summed E-state index contributed by atoms with van der Waals surface area (Å²) in [4.78, 5) is 18.7. The largest absolute Gasteiger partial charge is 0.360 e. The maximum absolute atomic E-state index is 13.2. The first kappa shape index (κ1) is 19.2. The molecule has 2 aromatic heterocycles. The van der Waals surface area contributed by atoms with Crippen LogP contribution in [0, 0.1) is 6.92 Å². The van der Waals surface area contributed by atoms with Crippen LogP contribution in [-0.4, -0.2) is 27.4 Å². The zero-order valence-corrected chi connectivity index (χ0v) is 18.2. The quantitative estimate of drug-likeness (QED) is 0.394. The number of fused-ring (bicyclic) bond motifs is 1. The van der Waals surface area contributed by atoms with E-state index in [1.165, 1.54) is 5.56 Å². The molecule has 1 N–H and O–H groups in total. The van der Waals surface area contributed by atoms with E-state index in [1.54, 1.807) is 28.1 Å². The Morgan fingerprint density at radius 2 is 2.00 bits per heavy atom. The van der Waals surface area contributed by atoms with Crippen LogP contribution in [0.4, 0.5) is 0 Å². The highest BCUT2D eigenvalue weighted by Gasteiger charge is 2.33. The van der Waals surface area contributed by atoms with Crippen molar-refractivity contribution < 1.29 is 4.79 Å². The van der Waals surface area contributed by atoms with Gasteiger partial charge in [-0.15, -0.1) is 23.1 Å². The molecule has 1 aliphatic rings. The van der Waals surface area contributed by atoms with Crippen LogP contribution < -0.4 is 0 Å². The van der Waals surface area contributed by atoms with Gasteiger partial charge in [0.1, 0.15) is 0 Å². The first-order chi connectivity index (χ1) is 14.7. The Bertz CT molecular complexity index is 1210. The number of aromatic nitrogens is 1. The number of hydrazone groups is 1. The number of benzene rings is 2. The highest BCUT2D eigenvalue weighted by Crippen LogP contribution is 2.35. The van der Waals surface area contributed by atoms with Gasteiger partial charge in [-0.2, -0.15) is 5.10 Å². The lowest BCUT2D eigenvalue weighted by atomic mass is 10.00. The molecule has 1 amide bonds. The molecular formula is C24H21N3OS2. The van der Waals surface area contributed by atoms with E-state index in [0.29, 0.717) is 5.75 Å². The van der Waals surface area contributed by atoms with E-state index in [1.807, 2.05) is 30.5 Å². The zero-order chi connectivity index (χ0) is 20.5. The summed E-state index contributed by atoms with van der Waals surface area (Å²) < 4.78 is 0. The molecular weight excluding hydrogens is 410 g/mol. The summed E-state index contributed by atoms with van der Waals surface area (Å²) in [7, 11) is 0. The van der Waals surface area contributed by atoms with Crippen molar-refractivity contribution in [2.45, 2.75) is 24.3 Å². The molecule has 2 aromatic carbocycles. The van der Waals surface area contributed by atoms with Gasteiger partial charge in [0.05, 0.1) is 22.4 Å². The number of amides is 1. The van der Waals surface area contributed by atoms with Crippen LogP contribution in [0.3, 0.4) is 0 Å². The van der Waals surface area contributed by atoms with E-state index < -0.39 is 0 Å².